The van der Waals surface area contributed by atoms with Crippen molar-refractivity contribution in [2.24, 2.45) is 29.6 Å². The first-order valence-corrected chi connectivity index (χ1v) is 6.76. The zero-order valence-corrected chi connectivity index (χ0v) is 11.1. The van der Waals surface area contributed by atoms with Gasteiger partial charge in [-0.15, -0.1) is 0 Å². The summed E-state index contributed by atoms with van der Waals surface area (Å²) in [4.78, 5) is 0. The highest BCUT2D eigenvalue weighted by Gasteiger charge is 2.53. The Morgan fingerprint density at radius 1 is 0.778 bits per heavy atom. The predicted octanol–water partition coefficient (Wildman–Crippen LogP) is 0.154. The van der Waals surface area contributed by atoms with Crippen molar-refractivity contribution in [3.8, 4) is 0 Å². The molecule has 0 amide bonds. The molecule has 0 aliphatic heterocycles. The van der Waals surface area contributed by atoms with Gasteiger partial charge in [0, 0.05) is 0 Å². The molecule has 0 aromatic rings. The van der Waals surface area contributed by atoms with Gasteiger partial charge in [-0.2, -0.15) is 0 Å². The van der Waals surface area contributed by atoms with Crippen LogP contribution in [-0.4, -0.2) is 44.8 Å². The monoisotopic (exact) mass is 256 g/mol. The summed E-state index contributed by atoms with van der Waals surface area (Å²) in [6.07, 6.45) is -0.352. The van der Waals surface area contributed by atoms with Crippen LogP contribution in [0.25, 0.3) is 0 Å². The van der Waals surface area contributed by atoms with Crippen LogP contribution in [0.15, 0.2) is 12.2 Å². The molecule has 0 aromatic heterocycles. The van der Waals surface area contributed by atoms with Gasteiger partial charge in [0.1, 0.15) is 12.2 Å². The molecule has 4 N–H and O–H groups in total. The van der Waals surface area contributed by atoms with Crippen LogP contribution in [0.4, 0.5) is 0 Å². The Balaban J connectivity index is 2.37. The molecule has 104 valence electrons. The summed E-state index contributed by atoms with van der Waals surface area (Å²) in [6, 6.07) is 0. The fourth-order valence-corrected chi connectivity index (χ4v) is 3.69. The van der Waals surface area contributed by atoms with Crippen LogP contribution in [0.2, 0.25) is 0 Å². The van der Waals surface area contributed by atoms with Crippen molar-refractivity contribution in [1.82, 2.24) is 0 Å². The number of fused-ring (bicyclic) bond motifs is 1. The lowest BCUT2D eigenvalue weighted by atomic mass is 9.58. The molecule has 0 aromatic carbocycles. The molecule has 4 heteroatoms. The highest BCUT2D eigenvalue weighted by Crippen LogP contribution is 2.46. The molecular formula is C14H24O4. The molecule has 0 bridgehead atoms. The van der Waals surface area contributed by atoms with Crippen LogP contribution in [-0.2, 0) is 0 Å². The second-order valence-corrected chi connectivity index (χ2v) is 6.18. The molecular weight excluding hydrogens is 232 g/mol. The maximum absolute atomic E-state index is 10.2. The van der Waals surface area contributed by atoms with Gasteiger partial charge in [0.15, 0.2) is 0 Å². The Morgan fingerprint density at radius 2 is 1.28 bits per heavy atom. The van der Waals surface area contributed by atoms with Gasteiger partial charge in [0.05, 0.1) is 12.2 Å². The van der Waals surface area contributed by atoms with Crippen LogP contribution in [0.3, 0.4) is 0 Å². The Hall–Kier alpha value is -0.420. The first-order valence-electron chi connectivity index (χ1n) is 6.76. The van der Waals surface area contributed by atoms with Crippen molar-refractivity contribution in [2.45, 2.75) is 45.2 Å². The van der Waals surface area contributed by atoms with E-state index < -0.39 is 24.4 Å². The van der Waals surface area contributed by atoms with E-state index in [4.69, 9.17) is 0 Å². The Labute approximate surface area is 108 Å². The minimum Gasteiger partial charge on any atom is -0.390 e. The van der Waals surface area contributed by atoms with E-state index in [-0.39, 0.29) is 23.7 Å². The second kappa shape index (κ2) is 4.93. The number of rotatable bonds is 1. The Morgan fingerprint density at radius 3 is 1.78 bits per heavy atom. The SMILES string of the molecule is CC(C)C1C=CC(C)C2C(O)C(O)C(O)C(O)C12. The number of hydrogen-bond acceptors (Lipinski definition) is 4. The molecule has 0 spiro atoms. The maximum atomic E-state index is 10.2. The van der Waals surface area contributed by atoms with E-state index in [1.807, 2.05) is 13.0 Å². The molecule has 0 saturated heterocycles. The highest BCUT2D eigenvalue weighted by atomic mass is 16.4. The zero-order valence-electron chi connectivity index (χ0n) is 11.1. The van der Waals surface area contributed by atoms with Crippen LogP contribution in [0, 0.1) is 29.6 Å². The van der Waals surface area contributed by atoms with Gasteiger partial charge in [0.2, 0.25) is 0 Å². The summed E-state index contributed by atoms with van der Waals surface area (Å²) >= 11 is 0. The number of aliphatic hydroxyl groups is 4. The third kappa shape index (κ3) is 2.01. The van der Waals surface area contributed by atoms with Gasteiger partial charge in [-0.25, -0.2) is 0 Å². The smallest absolute Gasteiger partial charge is 0.109 e. The van der Waals surface area contributed by atoms with Crippen molar-refractivity contribution in [2.75, 3.05) is 0 Å². The van der Waals surface area contributed by atoms with E-state index in [9.17, 15) is 20.4 Å². The topological polar surface area (TPSA) is 80.9 Å². The minimum atomic E-state index is -1.26. The average Bonchev–Trinajstić information content (AvgIpc) is 2.32. The van der Waals surface area contributed by atoms with E-state index in [2.05, 4.69) is 19.9 Å². The lowest BCUT2D eigenvalue weighted by Crippen LogP contribution is -2.62. The van der Waals surface area contributed by atoms with Gasteiger partial charge in [-0.1, -0.05) is 32.9 Å². The van der Waals surface area contributed by atoms with Crippen LogP contribution < -0.4 is 0 Å². The third-order valence-electron chi connectivity index (χ3n) is 4.74. The quantitative estimate of drug-likeness (QED) is 0.504. The van der Waals surface area contributed by atoms with E-state index >= 15 is 0 Å². The van der Waals surface area contributed by atoms with Crippen molar-refractivity contribution < 1.29 is 20.4 Å². The van der Waals surface area contributed by atoms with E-state index in [0.717, 1.165) is 0 Å². The number of aliphatic hydroxyl groups excluding tert-OH is 4. The first-order chi connectivity index (χ1) is 8.36. The number of allylic oxidation sites excluding steroid dienone is 2. The largest absolute Gasteiger partial charge is 0.390 e. The van der Waals surface area contributed by atoms with Crippen molar-refractivity contribution in [3.05, 3.63) is 12.2 Å². The van der Waals surface area contributed by atoms with Crippen LogP contribution >= 0.6 is 0 Å². The summed E-state index contributed by atoms with van der Waals surface area (Å²) in [7, 11) is 0. The molecule has 0 radical (unpaired) electrons. The lowest BCUT2D eigenvalue weighted by Gasteiger charge is -2.51. The average molecular weight is 256 g/mol. The van der Waals surface area contributed by atoms with Gasteiger partial charge in [0.25, 0.3) is 0 Å². The van der Waals surface area contributed by atoms with E-state index in [1.165, 1.54) is 0 Å². The molecule has 8 unspecified atom stereocenters. The summed E-state index contributed by atoms with van der Waals surface area (Å²) in [5.74, 6) is 0.148. The Kier molecular flexibility index (Phi) is 3.83. The fraction of sp³-hybridized carbons (Fsp3) is 0.857. The molecule has 18 heavy (non-hydrogen) atoms. The Bertz CT molecular complexity index is 328. The fourth-order valence-electron chi connectivity index (χ4n) is 3.69. The molecule has 1 saturated carbocycles. The van der Waals surface area contributed by atoms with Gasteiger partial charge >= 0.3 is 0 Å². The van der Waals surface area contributed by atoms with Crippen molar-refractivity contribution in [3.63, 3.8) is 0 Å². The van der Waals surface area contributed by atoms with Gasteiger partial charge in [-0.05, 0) is 29.6 Å². The second-order valence-electron chi connectivity index (χ2n) is 6.18. The van der Waals surface area contributed by atoms with E-state index in [0.29, 0.717) is 5.92 Å². The molecule has 0 heterocycles. The lowest BCUT2D eigenvalue weighted by molar-refractivity contribution is -0.201. The molecule has 8 atom stereocenters. The van der Waals surface area contributed by atoms with Crippen LogP contribution in [0.5, 0.6) is 0 Å². The normalized spacial score (nSPS) is 52.4. The summed E-state index contributed by atoms with van der Waals surface area (Å²) in [6.45, 7) is 6.11. The summed E-state index contributed by atoms with van der Waals surface area (Å²) < 4.78 is 0. The molecule has 1 fully saturated rings. The molecule has 2 aliphatic carbocycles. The third-order valence-corrected chi connectivity index (χ3v) is 4.74. The van der Waals surface area contributed by atoms with Crippen molar-refractivity contribution in [1.29, 1.82) is 0 Å². The minimum absolute atomic E-state index is 0.0943. The first kappa shape index (κ1) is 14.0. The standard InChI is InChI=1S/C14H24O4/c1-6(2)8-5-4-7(3)9-10(8)12(16)14(18)13(17)11(9)15/h4-18H,1-3H3. The predicted molar refractivity (Wildman–Crippen MR) is 67.6 cm³/mol. The van der Waals surface area contributed by atoms with Crippen LogP contribution in [0.1, 0.15) is 20.8 Å². The molecule has 2 rings (SSSR count). The molecule has 2 aliphatic rings. The van der Waals surface area contributed by atoms with Gasteiger partial charge < -0.3 is 20.4 Å². The maximum Gasteiger partial charge on any atom is 0.109 e. The van der Waals surface area contributed by atoms with E-state index in [1.54, 1.807) is 0 Å². The molecule has 4 nitrogen and oxygen atoms in total. The number of hydrogen-bond donors (Lipinski definition) is 4. The summed E-state index contributed by atoms with van der Waals surface area (Å²) in [5, 5.41) is 40.1. The summed E-state index contributed by atoms with van der Waals surface area (Å²) in [5.41, 5.74) is 0. The van der Waals surface area contributed by atoms with Gasteiger partial charge in [-0.3, -0.25) is 0 Å². The zero-order chi connectivity index (χ0) is 13.6. The highest BCUT2D eigenvalue weighted by molar-refractivity contribution is 5.13. The van der Waals surface area contributed by atoms with Crippen molar-refractivity contribution >= 4 is 0 Å².